The van der Waals surface area contributed by atoms with Crippen LogP contribution in [0.15, 0.2) is 24.3 Å². The van der Waals surface area contributed by atoms with Crippen LogP contribution in [-0.2, 0) is 57.1 Å². The van der Waals surface area contributed by atoms with Gasteiger partial charge in [0, 0.05) is 34.7 Å². The van der Waals surface area contributed by atoms with Crippen molar-refractivity contribution >= 4 is 52.8 Å². The zero-order valence-electron chi connectivity index (χ0n) is 35.3. The van der Waals surface area contributed by atoms with Crippen LogP contribution in [0.2, 0.25) is 0 Å². The van der Waals surface area contributed by atoms with Gasteiger partial charge in [-0.3, -0.25) is 0 Å². The van der Waals surface area contributed by atoms with Gasteiger partial charge < -0.3 is 119 Å². The smallest absolute Gasteiger partial charge is 0.547 e. The van der Waals surface area contributed by atoms with Gasteiger partial charge in [0.15, 0.2) is 25.2 Å². The molecule has 20 atom stereocenters. The number of rotatable bonds is 20. The van der Waals surface area contributed by atoms with Gasteiger partial charge in [-0.25, -0.2) is 0 Å². The second-order valence-corrected chi connectivity index (χ2v) is 16.3. The van der Waals surface area contributed by atoms with E-state index >= 15 is 0 Å². The average molecular weight is 1050 g/mol. The van der Waals surface area contributed by atoms with Crippen LogP contribution in [0.5, 0.6) is 0 Å². The predicted molar refractivity (Wildman–Crippen MR) is 207 cm³/mol. The summed E-state index contributed by atoms with van der Waals surface area (Å²) < 4.78 is 46.8. The molecule has 4 aliphatic rings. The third kappa shape index (κ3) is 13.8. The molecule has 350 valence electrons. The monoisotopic (exact) mass is 1050 g/mol. The van der Waals surface area contributed by atoms with Crippen LogP contribution < -0.4 is 85.3 Å². The second-order valence-electron chi connectivity index (χ2n) is 15.1. The molecule has 64 heavy (non-hydrogen) atoms. The van der Waals surface area contributed by atoms with Crippen LogP contribution in [0.25, 0.3) is 0 Å². The van der Waals surface area contributed by atoms with Gasteiger partial charge in [0.2, 0.25) is 0 Å². The molecule has 0 spiro atoms. The van der Waals surface area contributed by atoms with E-state index in [0.717, 1.165) is 3.57 Å². The summed E-state index contributed by atoms with van der Waals surface area (Å²) in [5, 5.41) is 110. The van der Waals surface area contributed by atoms with E-state index in [1.807, 2.05) is 0 Å². The van der Waals surface area contributed by atoms with Crippen molar-refractivity contribution in [2.75, 3.05) is 45.3 Å². The summed E-state index contributed by atoms with van der Waals surface area (Å²) >= 11 is 2.11. The minimum absolute atomic E-state index is 0. The number of aliphatic hydroxyl groups excluding tert-OH is 7. The first-order valence-electron chi connectivity index (χ1n) is 19.6. The van der Waals surface area contributed by atoms with E-state index in [-0.39, 0.29) is 72.2 Å². The minimum atomic E-state index is -2.10. The zero-order valence-corrected chi connectivity index (χ0v) is 41.4. The molecule has 4 saturated heterocycles. The number of hydrogen-bond acceptors (Lipinski definition) is 24. The maximum atomic E-state index is 12.6. The molecule has 0 bridgehead atoms. The van der Waals surface area contributed by atoms with Gasteiger partial charge in [0.05, 0.1) is 62.5 Å². The van der Waals surface area contributed by atoms with Crippen molar-refractivity contribution in [3.63, 3.8) is 0 Å². The van der Waals surface area contributed by atoms with E-state index in [2.05, 4.69) is 38.5 Å². The molecule has 10 N–H and O–H groups in total. The number of anilines is 1. The molecule has 4 aliphatic heterocycles. The van der Waals surface area contributed by atoms with E-state index < -0.39 is 154 Å². The van der Waals surface area contributed by atoms with E-state index in [1.165, 1.54) is 14.0 Å². The summed E-state index contributed by atoms with van der Waals surface area (Å²) in [6.07, 6.45) is -26.3. The molecule has 4 heterocycles. The quantitative estimate of drug-likeness (QED) is 0.0329. The number of aliphatic hydroxyl groups is 7. The number of carboxylic acids is 2. The summed E-state index contributed by atoms with van der Waals surface area (Å²) in [6, 6.07) is 4.50. The zero-order chi connectivity index (χ0) is 45.4. The van der Waals surface area contributed by atoms with Crippen molar-refractivity contribution in [1.82, 2.24) is 10.6 Å². The van der Waals surface area contributed by atoms with Gasteiger partial charge in [0.25, 0.3) is 0 Å². The number of nitrogens with one attached hydrogen (secondary N) is 3. The maximum absolute atomic E-state index is 12.6. The van der Waals surface area contributed by atoms with Crippen molar-refractivity contribution in [2.45, 2.75) is 117 Å². The van der Waals surface area contributed by atoms with E-state index in [1.54, 1.807) is 24.3 Å². The van der Waals surface area contributed by atoms with Crippen LogP contribution in [-0.4, -0.2) is 211 Å². The standard InChI is InChI=1S/C37H54IN3O21.2Na/c1-14-22(45)26(49)36(59-28(14)32(51)52)62-31-21(40-8-10-43)35(57-18(24(31)47)11-41-16-5-3-15(38)4-6-16)56-13-17-23(46)27(50)37(60-29(17)33(53)54)61-30-20(39-7-9-42)34(55-2)58-19(12-44)25(30)48;;/h3-6,9-10,14,17-31,34-37,39-41,44-50H,7-8,11-13H2,1-2H3,(H,51,52)(H,53,54);;/q;2*+1/p-2. The molecule has 0 radical (unpaired) electrons. The molecule has 0 aromatic heterocycles. The van der Waals surface area contributed by atoms with Gasteiger partial charge in [-0.1, -0.05) is 6.92 Å². The van der Waals surface area contributed by atoms with E-state index in [4.69, 9.17) is 37.9 Å². The summed E-state index contributed by atoms with van der Waals surface area (Å²) in [4.78, 5) is 47.3. The summed E-state index contributed by atoms with van der Waals surface area (Å²) in [7, 11) is 1.23. The van der Waals surface area contributed by atoms with Crippen molar-refractivity contribution in [3.05, 3.63) is 27.8 Å². The fourth-order valence-corrected chi connectivity index (χ4v) is 8.11. The number of carbonyl (C=O) groups is 4. The van der Waals surface area contributed by atoms with Crippen molar-refractivity contribution in [1.29, 1.82) is 0 Å². The fraction of sp³-hybridized carbons (Fsp3) is 0.730. The first kappa shape index (κ1) is 57.7. The molecule has 5 rings (SSSR count). The van der Waals surface area contributed by atoms with Crippen LogP contribution in [0.1, 0.15) is 6.92 Å². The molecule has 0 amide bonds. The number of ether oxygens (including phenoxy) is 8. The van der Waals surface area contributed by atoms with Gasteiger partial charge in [0.1, 0.15) is 73.6 Å². The van der Waals surface area contributed by atoms with Crippen molar-refractivity contribution in [2.24, 2.45) is 11.8 Å². The molecule has 1 aromatic rings. The number of carboxylic acid groups (broad SMARTS) is 2. The molecule has 0 aliphatic carbocycles. The van der Waals surface area contributed by atoms with E-state index in [9.17, 15) is 65.1 Å². The SMILES string of the molecule is COC1OC(CO)C(O)C(OC2OC(C(=O)[O-])C(COC3OC(CNc4ccc(I)cc4)C(O)C(OC4OC(C(=O)[O-])C(C)C(O)C4O)C3NCC=O)C(O)C2O)C1NCC=O.[Na+].[Na+]. The topological polar surface area (TPSA) is 366 Å². The summed E-state index contributed by atoms with van der Waals surface area (Å²) in [5.41, 5.74) is 0.589. The summed E-state index contributed by atoms with van der Waals surface area (Å²) in [6.45, 7) is -1.12. The Morgan fingerprint density at radius 3 is 1.73 bits per heavy atom. The maximum Gasteiger partial charge on any atom is 1.00 e. The van der Waals surface area contributed by atoms with Gasteiger partial charge in [-0.2, -0.15) is 0 Å². The third-order valence-corrected chi connectivity index (χ3v) is 11.9. The first-order valence-corrected chi connectivity index (χ1v) is 20.7. The third-order valence-electron chi connectivity index (χ3n) is 11.1. The number of aldehydes is 2. The number of aliphatic carboxylic acids is 2. The Labute approximate surface area is 424 Å². The Bertz CT molecular complexity index is 1630. The molecule has 27 heteroatoms. The normalized spacial score (nSPS) is 40.0. The number of hydrogen-bond donors (Lipinski definition) is 10. The van der Waals surface area contributed by atoms with Crippen LogP contribution in [0, 0.1) is 15.4 Å². The van der Waals surface area contributed by atoms with Crippen LogP contribution in [0.3, 0.4) is 0 Å². The van der Waals surface area contributed by atoms with E-state index in [0.29, 0.717) is 18.3 Å². The molecule has 0 saturated carbocycles. The predicted octanol–water partition coefficient (Wildman–Crippen LogP) is -13.7. The van der Waals surface area contributed by atoms with Crippen LogP contribution >= 0.6 is 22.6 Å². The first-order chi connectivity index (χ1) is 29.6. The van der Waals surface area contributed by atoms with Crippen LogP contribution in [0.4, 0.5) is 5.69 Å². The molecule has 1 aromatic carbocycles. The number of methoxy groups -OCH3 is 1. The molecular weight excluding hydrogens is 995 g/mol. The van der Waals surface area contributed by atoms with Gasteiger partial charge >= 0.3 is 59.1 Å². The Kier molecular flexibility index (Phi) is 24.3. The summed E-state index contributed by atoms with van der Waals surface area (Å²) in [5.74, 6) is -6.44. The Balaban J connectivity index is 0.00000544. The number of benzene rings is 1. The Morgan fingerprint density at radius 1 is 0.719 bits per heavy atom. The van der Waals surface area contributed by atoms with Gasteiger partial charge in [-0.15, -0.1) is 0 Å². The molecule has 4 fully saturated rings. The largest absolute Gasteiger partial charge is 1.00 e. The molecule has 24 nitrogen and oxygen atoms in total. The van der Waals surface area contributed by atoms with Gasteiger partial charge in [-0.05, 0) is 46.9 Å². The second kappa shape index (κ2) is 26.9. The van der Waals surface area contributed by atoms with Crippen molar-refractivity contribution < 1.29 is 162 Å². The molecular formula is C37H52IN3Na2O21. The Morgan fingerprint density at radius 2 is 1.22 bits per heavy atom. The molecule has 20 unspecified atom stereocenters. The minimum Gasteiger partial charge on any atom is -0.547 e. The van der Waals surface area contributed by atoms with Crippen molar-refractivity contribution in [3.8, 4) is 0 Å². The number of carbonyl (C=O) groups excluding carboxylic acids is 4. The Hall–Kier alpha value is -0.650. The fourth-order valence-electron chi connectivity index (χ4n) is 7.75. The number of halogens is 1. The average Bonchev–Trinajstić information content (AvgIpc) is 3.25.